The van der Waals surface area contributed by atoms with E-state index in [2.05, 4.69) is 19.2 Å². The molecule has 1 unspecified atom stereocenters. The second-order valence-corrected chi connectivity index (χ2v) is 4.60. The molecule has 2 nitrogen and oxygen atoms in total. The Balaban J connectivity index is 2.21. The number of hydrogen-bond donors (Lipinski definition) is 1. The molecule has 0 fully saturated rings. The fourth-order valence-corrected chi connectivity index (χ4v) is 2.39. The number of likely N-dealkylation sites (N-methyl/N-ethyl adjacent to an activating group) is 1. The van der Waals surface area contributed by atoms with Crippen LogP contribution in [0.4, 0.5) is 4.39 Å². The molecule has 2 aromatic rings. The number of nitrogens with one attached hydrogen (secondary N) is 1. The van der Waals surface area contributed by atoms with Gasteiger partial charge in [-0.2, -0.15) is 0 Å². The summed E-state index contributed by atoms with van der Waals surface area (Å²) in [6.07, 6.45) is 3.36. The van der Waals surface area contributed by atoms with Gasteiger partial charge in [0.1, 0.15) is 11.6 Å². The number of furan rings is 1. The minimum absolute atomic E-state index is 0.167. The molecule has 0 spiro atoms. The monoisotopic (exact) mass is 261 g/mol. The number of benzene rings is 1. The Morgan fingerprint density at radius 3 is 2.79 bits per heavy atom. The van der Waals surface area contributed by atoms with Crippen LogP contribution in [0.5, 0.6) is 0 Å². The van der Waals surface area contributed by atoms with E-state index >= 15 is 0 Å². The highest BCUT2D eigenvalue weighted by Gasteiger charge is 2.16. The molecule has 0 aliphatic carbocycles. The van der Waals surface area contributed by atoms with E-state index < -0.39 is 0 Å². The maximum atomic E-state index is 13.3. The van der Waals surface area contributed by atoms with Gasteiger partial charge in [0.05, 0.1) is 6.26 Å². The first-order valence-corrected chi connectivity index (χ1v) is 6.78. The summed E-state index contributed by atoms with van der Waals surface area (Å²) in [6, 6.07) is 8.95. The highest BCUT2D eigenvalue weighted by molar-refractivity contribution is 5.26. The lowest BCUT2D eigenvalue weighted by Crippen LogP contribution is -2.23. The zero-order valence-corrected chi connectivity index (χ0v) is 11.4. The van der Waals surface area contributed by atoms with Gasteiger partial charge in [0.15, 0.2) is 0 Å². The molecule has 19 heavy (non-hydrogen) atoms. The predicted molar refractivity (Wildman–Crippen MR) is 74.6 cm³/mol. The highest BCUT2D eigenvalue weighted by atomic mass is 19.1. The van der Waals surface area contributed by atoms with Crippen LogP contribution in [0.2, 0.25) is 0 Å². The van der Waals surface area contributed by atoms with Crippen molar-refractivity contribution in [3.63, 3.8) is 0 Å². The van der Waals surface area contributed by atoms with Crippen LogP contribution in [0.3, 0.4) is 0 Å². The average Bonchev–Trinajstić information content (AvgIpc) is 2.86. The van der Waals surface area contributed by atoms with Gasteiger partial charge in [-0.3, -0.25) is 0 Å². The molecule has 3 heteroatoms. The number of aryl methyl sites for hydroxylation is 1. The fourth-order valence-electron chi connectivity index (χ4n) is 2.39. The summed E-state index contributed by atoms with van der Waals surface area (Å²) in [7, 11) is 0. The van der Waals surface area contributed by atoms with E-state index in [1.165, 1.54) is 11.6 Å². The van der Waals surface area contributed by atoms with Crippen molar-refractivity contribution in [2.24, 2.45) is 0 Å². The van der Waals surface area contributed by atoms with Gasteiger partial charge >= 0.3 is 0 Å². The highest BCUT2D eigenvalue weighted by Crippen LogP contribution is 2.24. The van der Waals surface area contributed by atoms with Crippen LogP contribution < -0.4 is 5.32 Å². The second-order valence-electron chi connectivity index (χ2n) is 4.60. The first-order valence-electron chi connectivity index (χ1n) is 6.78. The summed E-state index contributed by atoms with van der Waals surface area (Å²) in [5.74, 6) is 0.818. The summed E-state index contributed by atoms with van der Waals surface area (Å²) < 4.78 is 18.7. The number of hydrogen-bond acceptors (Lipinski definition) is 2. The van der Waals surface area contributed by atoms with Gasteiger partial charge in [-0.25, -0.2) is 4.39 Å². The topological polar surface area (TPSA) is 25.2 Å². The van der Waals surface area contributed by atoms with Gasteiger partial charge in [0.2, 0.25) is 0 Å². The summed E-state index contributed by atoms with van der Waals surface area (Å²) in [5, 5.41) is 3.45. The van der Waals surface area contributed by atoms with Crippen molar-refractivity contribution in [2.75, 3.05) is 6.54 Å². The van der Waals surface area contributed by atoms with E-state index in [4.69, 9.17) is 4.42 Å². The van der Waals surface area contributed by atoms with Gasteiger partial charge in [-0.05, 0) is 36.7 Å². The number of halogens is 1. The normalized spacial score (nSPS) is 12.6. The molecule has 0 saturated carbocycles. The van der Waals surface area contributed by atoms with Crippen molar-refractivity contribution < 1.29 is 8.81 Å². The van der Waals surface area contributed by atoms with Crippen LogP contribution in [0.25, 0.3) is 0 Å². The Morgan fingerprint density at radius 1 is 1.26 bits per heavy atom. The van der Waals surface area contributed by atoms with Crippen molar-refractivity contribution in [1.29, 1.82) is 0 Å². The van der Waals surface area contributed by atoms with Gasteiger partial charge in [0.25, 0.3) is 0 Å². The molecule has 0 amide bonds. The Kier molecular flexibility index (Phi) is 4.74. The van der Waals surface area contributed by atoms with Crippen molar-refractivity contribution >= 4 is 0 Å². The molecule has 102 valence electrons. The van der Waals surface area contributed by atoms with E-state index in [9.17, 15) is 4.39 Å². The molecular weight excluding hydrogens is 241 g/mol. The lowest BCUT2D eigenvalue weighted by molar-refractivity contribution is 0.487. The average molecular weight is 261 g/mol. The van der Waals surface area contributed by atoms with Crippen molar-refractivity contribution in [3.8, 4) is 0 Å². The van der Waals surface area contributed by atoms with E-state index in [1.54, 1.807) is 18.4 Å². The molecule has 0 aliphatic rings. The smallest absolute Gasteiger partial charge is 0.123 e. The van der Waals surface area contributed by atoms with Crippen molar-refractivity contribution in [2.45, 2.75) is 32.7 Å². The third kappa shape index (κ3) is 3.44. The molecule has 0 bridgehead atoms. The Bertz CT molecular complexity index is 521. The van der Waals surface area contributed by atoms with Crippen molar-refractivity contribution in [1.82, 2.24) is 5.32 Å². The van der Waals surface area contributed by atoms with Gasteiger partial charge in [-0.15, -0.1) is 0 Å². The number of rotatable bonds is 6. The molecule has 2 rings (SSSR count). The lowest BCUT2D eigenvalue weighted by atomic mass is 9.98. The maximum absolute atomic E-state index is 13.3. The van der Waals surface area contributed by atoms with Crippen LogP contribution in [-0.4, -0.2) is 6.54 Å². The lowest BCUT2D eigenvalue weighted by Gasteiger charge is -2.18. The van der Waals surface area contributed by atoms with Gasteiger partial charge in [-0.1, -0.05) is 26.0 Å². The van der Waals surface area contributed by atoms with Gasteiger partial charge < -0.3 is 9.73 Å². The summed E-state index contributed by atoms with van der Waals surface area (Å²) in [5.41, 5.74) is 2.17. The molecule has 0 saturated heterocycles. The molecule has 1 aromatic carbocycles. The van der Waals surface area contributed by atoms with E-state index in [-0.39, 0.29) is 11.9 Å². The molecule has 1 heterocycles. The SMILES string of the molecule is CCNC(Cc1cccc(F)c1)c1ccoc1CC. The molecule has 1 N–H and O–H groups in total. The largest absolute Gasteiger partial charge is 0.469 e. The first-order chi connectivity index (χ1) is 9.24. The van der Waals surface area contributed by atoms with Crippen LogP contribution in [0.1, 0.15) is 36.8 Å². The standard InChI is InChI=1S/C16H20FNO/c1-3-16-14(8-9-19-16)15(18-4-2)11-12-6-5-7-13(17)10-12/h5-10,15,18H,3-4,11H2,1-2H3. The van der Waals surface area contributed by atoms with Crippen LogP contribution >= 0.6 is 0 Å². The minimum atomic E-state index is -0.185. The first kappa shape index (κ1) is 13.8. The molecular formula is C16H20FNO. The summed E-state index contributed by atoms with van der Waals surface area (Å²) in [6.45, 7) is 5.02. The van der Waals surface area contributed by atoms with Crippen LogP contribution in [-0.2, 0) is 12.8 Å². The van der Waals surface area contributed by atoms with Crippen LogP contribution in [0, 0.1) is 5.82 Å². The Labute approximate surface area is 113 Å². The van der Waals surface area contributed by atoms with Gasteiger partial charge in [0, 0.05) is 18.0 Å². The van der Waals surface area contributed by atoms with E-state index in [1.807, 2.05) is 12.1 Å². The third-order valence-corrected chi connectivity index (χ3v) is 3.26. The Hall–Kier alpha value is -1.61. The molecule has 1 atom stereocenters. The predicted octanol–water partition coefficient (Wildman–Crippen LogP) is 3.87. The minimum Gasteiger partial charge on any atom is -0.469 e. The maximum Gasteiger partial charge on any atom is 0.123 e. The third-order valence-electron chi connectivity index (χ3n) is 3.26. The molecule has 0 radical (unpaired) electrons. The quantitative estimate of drug-likeness (QED) is 0.853. The van der Waals surface area contributed by atoms with E-state index in [0.717, 1.165) is 30.7 Å². The second kappa shape index (κ2) is 6.53. The summed E-state index contributed by atoms with van der Waals surface area (Å²) in [4.78, 5) is 0. The fraction of sp³-hybridized carbons (Fsp3) is 0.375. The zero-order chi connectivity index (χ0) is 13.7. The molecule has 0 aliphatic heterocycles. The van der Waals surface area contributed by atoms with Crippen molar-refractivity contribution in [3.05, 3.63) is 59.3 Å². The van der Waals surface area contributed by atoms with Crippen LogP contribution in [0.15, 0.2) is 41.0 Å². The zero-order valence-electron chi connectivity index (χ0n) is 11.4. The van der Waals surface area contributed by atoms with E-state index in [0.29, 0.717) is 0 Å². The Morgan fingerprint density at radius 2 is 2.11 bits per heavy atom. The summed E-state index contributed by atoms with van der Waals surface area (Å²) >= 11 is 0. The molecule has 1 aromatic heterocycles.